The zero-order chi connectivity index (χ0) is 24.1. The standard InChI is InChI=1S/C25H25F2N5O2/c1-2-30(25(34)20-5-3-4-6-21(20)27)17-24(33)32-15-13-31(14-16-32)23-12-11-22(28-29-23)18-7-9-19(26)10-8-18/h3-12H,2,13-17H2,1H3. The van der Waals surface area contributed by atoms with Gasteiger partial charge in [0.1, 0.15) is 18.2 Å². The van der Waals surface area contributed by atoms with Crippen LogP contribution in [0, 0.1) is 11.6 Å². The van der Waals surface area contributed by atoms with Crippen LogP contribution in [0.1, 0.15) is 17.3 Å². The van der Waals surface area contributed by atoms with Crippen molar-refractivity contribution in [2.75, 3.05) is 44.2 Å². The maximum atomic E-state index is 14.0. The van der Waals surface area contributed by atoms with Gasteiger partial charge in [-0.1, -0.05) is 12.1 Å². The minimum Gasteiger partial charge on any atom is -0.352 e. The first kappa shape index (κ1) is 23.3. The van der Waals surface area contributed by atoms with Crippen molar-refractivity contribution in [2.24, 2.45) is 0 Å². The second-order valence-electron chi connectivity index (χ2n) is 7.95. The second kappa shape index (κ2) is 10.4. The molecule has 0 saturated carbocycles. The van der Waals surface area contributed by atoms with Gasteiger partial charge in [-0.15, -0.1) is 10.2 Å². The number of hydrogen-bond donors (Lipinski definition) is 0. The molecule has 2 aromatic carbocycles. The Bertz CT molecular complexity index is 1150. The van der Waals surface area contributed by atoms with Crippen LogP contribution in [0.25, 0.3) is 11.3 Å². The molecule has 7 nitrogen and oxygen atoms in total. The number of hydrogen-bond acceptors (Lipinski definition) is 5. The molecule has 1 aliphatic rings. The Morgan fingerprint density at radius 2 is 1.62 bits per heavy atom. The summed E-state index contributed by atoms with van der Waals surface area (Å²) in [6, 6.07) is 15.5. The van der Waals surface area contributed by atoms with Gasteiger partial charge in [0, 0.05) is 38.3 Å². The fourth-order valence-electron chi connectivity index (χ4n) is 3.85. The number of carbonyl (C=O) groups excluding carboxylic acids is 2. The Morgan fingerprint density at radius 3 is 2.24 bits per heavy atom. The normalized spacial score (nSPS) is 13.6. The molecule has 176 valence electrons. The first-order chi connectivity index (χ1) is 16.5. The lowest BCUT2D eigenvalue weighted by atomic mass is 10.1. The molecule has 1 fully saturated rings. The van der Waals surface area contributed by atoms with Gasteiger partial charge in [-0.05, 0) is 55.5 Å². The molecule has 34 heavy (non-hydrogen) atoms. The molecule has 1 saturated heterocycles. The summed E-state index contributed by atoms with van der Waals surface area (Å²) in [7, 11) is 0. The predicted octanol–water partition coefficient (Wildman–Crippen LogP) is 3.23. The van der Waals surface area contributed by atoms with Crippen molar-refractivity contribution in [3.05, 3.63) is 77.9 Å². The average Bonchev–Trinajstić information content (AvgIpc) is 2.88. The van der Waals surface area contributed by atoms with Crippen molar-refractivity contribution in [3.63, 3.8) is 0 Å². The highest BCUT2D eigenvalue weighted by Gasteiger charge is 2.26. The van der Waals surface area contributed by atoms with Crippen LogP contribution < -0.4 is 4.90 Å². The minimum absolute atomic E-state index is 0.0374. The molecule has 2 amide bonds. The SMILES string of the molecule is CCN(CC(=O)N1CCN(c2ccc(-c3ccc(F)cc3)nn2)CC1)C(=O)c1ccccc1F. The van der Waals surface area contributed by atoms with E-state index in [-0.39, 0.29) is 23.8 Å². The van der Waals surface area contributed by atoms with Crippen LogP contribution >= 0.6 is 0 Å². The van der Waals surface area contributed by atoms with Crippen molar-refractivity contribution in [1.82, 2.24) is 20.0 Å². The Kier molecular flexibility index (Phi) is 7.10. The van der Waals surface area contributed by atoms with Crippen molar-refractivity contribution < 1.29 is 18.4 Å². The lowest BCUT2D eigenvalue weighted by Crippen LogP contribution is -2.52. The van der Waals surface area contributed by atoms with Crippen molar-refractivity contribution in [3.8, 4) is 11.3 Å². The van der Waals surface area contributed by atoms with Crippen LogP contribution in [-0.4, -0.2) is 71.1 Å². The summed E-state index contributed by atoms with van der Waals surface area (Å²) >= 11 is 0. The van der Waals surface area contributed by atoms with E-state index in [2.05, 4.69) is 10.2 Å². The van der Waals surface area contributed by atoms with Crippen molar-refractivity contribution in [1.29, 1.82) is 0 Å². The lowest BCUT2D eigenvalue weighted by Gasteiger charge is -2.36. The summed E-state index contributed by atoms with van der Waals surface area (Å²) in [5, 5.41) is 8.53. The van der Waals surface area contributed by atoms with Crippen LogP contribution in [0.2, 0.25) is 0 Å². The summed E-state index contributed by atoms with van der Waals surface area (Å²) in [6.45, 7) is 4.06. The Hall–Kier alpha value is -3.88. The average molecular weight is 466 g/mol. The predicted molar refractivity (Wildman–Crippen MR) is 124 cm³/mol. The highest BCUT2D eigenvalue weighted by molar-refractivity contribution is 5.96. The van der Waals surface area contributed by atoms with E-state index < -0.39 is 11.7 Å². The number of halogens is 2. The number of anilines is 1. The molecule has 0 unspecified atom stereocenters. The summed E-state index contributed by atoms with van der Waals surface area (Å²) in [6.07, 6.45) is 0. The van der Waals surface area contributed by atoms with Gasteiger partial charge in [-0.25, -0.2) is 8.78 Å². The van der Waals surface area contributed by atoms with Gasteiger partial charge in [-0.2, -0.15) is 0 Å². The third-order valence-electron chi connectivity index (χ3n) is 5.85. The van der Waals surface area contributed by atoms with Gasteiger partial charge < -0.3 is 14.7 Å². The maximum Gasteiger partial charge on any atom is 0.257 e. The van der Waals surface area contributed by atoms with E-state index in [1.807, 2.05) is 17.0 Å². The van der Waals surface area contributed by atoms with Crippen molar-refractivity contribution in [2.45, 2.75) is 6.92 Å². The highest BCUT2D eigenvalue weighted by Crippen LogP contribution is 2.20. The smallest absolute Gasteiger partial charge is 0.257 e. The van der Waals surface area contributed by atoms with Gasteiger partial charge in [-0.3, -0.25) is 9.59 Å². The van der Waals surface area contributed by atoms with Gasteiger partial charge in [0.2, 0.25) is 5.91 Å². The number of amides is 2. The molecule has 1 aromatic heterocycles. The van der Waals surface area contributed by atoms with Crippen LogP contribution in [0.5, 0.6) is 0 Å². The Labute approximate surface area is 196 Å². The van der Waals surface area contributed by atoms with E-state index >= 15 is 0 Å². The molecule has 0 atom stereocenters. The van der Waals surface area contributed by atoms with Gasteiger partial charge in [0.25, 0.3) is 5.91 Å². The number of aromatic nitrogens is 2. The number of piperazine rings is 1. The van der Waals surface area contributed by atoms with E-state index in [0.717, 1.165) is 5.56 Å². The first-order valence-electron chi connectivity index (χ1n) is 11.1. The summed E-state index contributed by atoms with van der Waals surface area (Å²) in [4.78, 5) is 30.6. The molecule has 4 rings (SSSR count). The number of carbonyl (C=O) groups is 2. The van der Waals surface area contributed by atoms with Crippen molar-refractivity contribution >= 4 is 17.6 Å². The van der Waals surface area contributed by atoms with E-state index in [9.17, 15) is 18.4 Å². The summed E-state index contributed by atoms with van der Waals surface area (Å²) in [5.74, 6) is -0.881. The number of benzene rings is 2. The lowest BCUT2D eigenvalue weighted by molar-refractivity contribution is -0.132. The van der Waals surface area contributed by atoms with Crippen LogP contribution in [0.15, 0.2) is 60.7 Å². The van der Waals surface area contributed by atoms with E-state index in [0.29, 0.717) is 44.2 Å². The zero-order valence-electron chi connectivity index (χ0n) is 18.8. The molecule has 9 heteroatoms. The fourth-order valence-corrected chi connectivity index (χ4v) is 3.85. The summed E-state index contributed by atoms with van der Waals surface area (Å²) < 4.78 is 27.1. The third kappa shape index (κ3) is 5.19. The van der Waals surface area contributed by atoms with E-state index in [1.165, 1.54) is 35.2 Å². The molecular formula is C25H25F2N5O2. The highest BCUT2D eigenvalue weighted by atomic mass is 19.1. The van der Waals surface area contributed by atoms with Gasteiger partial charge >= 0.3 is 0 Å². The first-order valence-corrected chi connectivity index (χ1v) is 11.1. The topological polar surface area (TPSA) is 69.6 Å². The van der Waals surface area contributed by atoms with Crippen LogP contribution in [-0.2, 0) is 4.79 Å². The molecule has 3 aromatic rings. The summed E-state index contributed by atoms with van der Waals surface area (Å²) in [5.41, 5.74) is 1.39. The molecule has 0 aliphatic carbocycles. The van der Waals surface area contributed by atoms with Crippen LogP contribution in [0.3, 0.4) is 0 Å². The molecule has 0 N–H and O–H groups in total. The van der Waals surface area contributed by atoms with Crippen LogP contribution in [0.4, 0.5) is 14.6 Å². The number of rotatable bonds is 6. The minimum atomic E-state index is -0.599. The largest absolute Gasteiger partial charge is 0.352 e. The number of likely N-dealkylation sites (N-methyl/N-ethyl adjacent to an activating group) is 1. The molecule has 0 bridgehead atoms. The van der Waals surface area contributed by atoms with E-state index in [1.54, 1.807) is 30.0 Å². The maximum absolute atomic E-state index is 14.0. The molecular weight excluding hydrogens is 440 g/mol. The Morgan fingerprint density at radius 1 is 0.912 bits per heavy atom. The van der Waals surface area contributed by atoms with Gasteiger partial charge in [0.15, 0.2) is 5.82 Å². The number of nitrogens with zero attached hydrogens (tertiary/aromatic N) is 5. The second-order valence-corrected chi connectivity index (χ2v) is 7.95. The molecule has 0 spiro atoms. The molecule has 1 aliphatic heterocycles. The fraction of sp³-hybridized carbons (Fsp3) is 0.280. The zero-order valence-corrected chi connectivity index (χ0v) is 18.8. The Balaban J connectivity index is 1.33. The monoisotopic (exact) mass is 465 g/mol. The van der Waals surface area contributed by atoms with Gasteiger partial charge in [0.05, 0.1) is 11.3 Å². The molecule has 0 radical (unpaired) electrons. The quantitative estimate of drug-likeness (QED) is 0.559. The molecule has 2 heterocycles. The third-order valence-corrected chi connectivity index (χ3v) is 5.85. The van der Waals surface area contributed by atoms with E-state index in [4.69, 9.17) is 0 Å².